The quantitative estimate of drug-likeness (QED) is 0.326. The minimum Gasteiger partial charge on any atom is -0.545 e. The molecule has 0 aromatic heterocycles. The number of carbonyl (C=O) groups is 2. The van der Waals surface area contributed by atoms with Gasteiger partial charge in [0.05, 0.1) is 12.6 Å². The minimum atomic E-state index is -1.23. The monoisotopic (exact) mass is 294 g/mol. The Hall–Kier alpha value is -0.780. The molecule has 1 atom stereocenters. The summed E-state index contributed by atoms with van der Waals surface area (Å²) in [6.07, 6.45) is 5.17. The van der Waals surface area contributed by atoms with Gasteiger partial charge in [-0.05, 0) is 25.0 Å². The van der Waals surface area contributed by atoms with Crippen LogP contribution in [-0.2, 0) is 14.3 Å². The largest absolute Gasteiger partial charge is 1.00 e. The van der Waals surface area contributed by atoms with Gasteiger partial charge in [-0.15, -0.1) is 0 Å². The Morgan fingerprint density at radius 1 is 1.40 bits per heavy atom. The number of ether oxygens (including phenoxy) is 1. The van der Waals surface area contributed by atoms with Crippen LogP contribution in [0.25, 0.3) is 0 Å². The molecular weight excluding hydrogens is 271 g/mol. The van der Waals surface area contributed by atoms with Crippen molar-refractivity contribution >= 4 is 11.9 Å². The molecule has 110 valence electrons. The van der Waals surface area contributed by atoms with Gasteiger partial charge in [0.1, 0.15) is 0 Å². The van der Waals surface area contributed by atoms with Crippen molar-refractivity contribution in [2.24, 2.45) is 5.92 Å². The first-order valence-corrected chi connectivity index (χ1v) is 6.27. The third-order valence-corrected chi connectivity index (χ3v) is 2.44. The fourth-order valence-electron chi connectivity index (χ4n) is 1.18. The predicted octanol–water partition coefficient (Wildman–Crippen LogP) is -1.26. The van der Waals surface area contributed by atoms with Gasteiger partial charge in [-0.2, -0.15) is 0 Å². The van der Waals surface area contributed by atoms with Crippen LogP contribution in [0.2, 0.25) is 0 Å². The Morgan fingerprint density at radius 2 is 1.90 bits per heavy atom. The average molecular weight is 294 g/mol. The van der Waals surface area contributed by atoms with E-state index >= 15 is 0 Å². The van der Waals surface area contributed by atoms with Crippen LogP contribution >= 0.6 is 0 Å². The van der Waals surface area contributed by atoms with Gasteiger partial charge in [-0.25, -0.2) is 4.79 Å². The van der Waals surface area contributed by atoms with Crippen LogP contribution in [-0.4, -0.2) is 23.7 Å². The molecule has 6 heteroatoms. The van der Waals surface area contributed by atoms with Gasteiger partial charge in [-0.1, -0.05) is 39.7 Å². The van der Waals surface area contributed by atoms with E-state index in [0.29, 0.717) is 12.5 Å². The summed E-state index contributed by atoms with van der Waals surface area (Å²) >= 11 is 0. The Bertz CT molecular complexity index is 302. The van der Waals surface area contributed by atoms with Gasteiger partial charge in [-0.3, -0.25) is 0 Å². The first-order valence-electron chi connectivity index (χ1n) is 6.27. The second-order valence-electron chi connectivity index (χ2n) is 3.98. The Balaban J connectivity index is -0.000000414. The van der Waals surface area contributed by atoms with Gasteiger partial charge in [0, 0.05) is 0 Å². The van der Waals surface area contributed by atoms with Crippen LogP contribution in [0, 0.1) is 5.92 Å². The SMILES string of the molecule is C=C(OCC(CC)CCCC)C(=O)O.C=CC(=O)[O-].[Na+]. The molecule has 0 spiro atoms. The molecule has 1 unspecified atom stereocenters. The van der Waals surface area contributed by atoms with Crippen LogP contribution in [0.15, 0.2) is 25.0 Å². The molecule has 0 aliphatic rings. The molecule has 20 heavy (non-hydrogen) atoms. The Labute approximate surface area is 143 Å². The number of hydrogen-bond acceptors (Lipinski definition) is 4. The van der Waals surface area contributed by atoms with Crippen molar-refractivity contribution in [2.45, 2.75) is 39.5 Å². The number of unbranched alkanes of at least 4 members (excludes halogenated alkanes) is 1. The van der Waals surface area contributed by atoms with Crippen molar-refractivity contribution in [3.05, 3.63) is 25.0 Å². The van der Waals surface area contributed by atoms with Gasteiger partial charge in [0.15, 0.2) is 5.76 Å². The number of carboxylic acids is 2. The molecule has 0 aliphatic heterocycles. The average Bonchev–Trinajstić information content (AvgIpc) is 2.39. The van der Waals surface area contributed by atoms with E-state index in [-0.39, 0.29) is 35.3 Å². The molecule has 0 aliphatic carbocycles. The second-order valence-corrected chi connectivity index (χ2v) is 3.98. The molecule has 0 saturated heterocycles. The van der Waals surface area contributed by atoms with E-state index in [0.717, 1.165) is 25.3 Å². The fraction of sp³-hybridized carbons (Fsp3) is 0.571. The molecule has 5 nitrogen and oxygen atoms in total. The molecular formula is C14H23NaO5. The van der Waals surface area contributed by atoms with Gasteiger partial charge < -0.3 is 19.7 Å². The van der Waals surface area contributed by atoms with E-state index in [1.54, 1.807) is 0 Å². The maximum Gasteiger partial charge on any atom is 1.00 e. The Morgan fingerprint density at radius 3 is 2.20 bits per heavy atom. The molecule has 0 rings (SSSR count). The zero-order valence-electron chi connectivity index (χ0n) is 12.7. The third kappa shape index (κ3) is 17.2. The fourth-order valence-corrected chi connectivity index (χ4v) is 1.18. The van der Waals surface area contributed by atoms with Crippen LogP contribution in [0.4, 0.5) is 0 Å². The topological polar surface area (TPSA) is 86.7 Å². The van der Waals surface area contributed by atoms with Crippen molar-refractivity contribution in [3.63, 3.8) is 0 Å². The molecule has 0 saturated carbocycles. The molecule has 1 N–H and O–H groups in total. The summed E-state index contributed by atoms with van der Waals surface area (Å²) < 4.78 is 5.06. The van der Waals surface area contributed by atoms with Crippen LogP contribution < -0.4 is 34.7 Å². The molecule has 0 heterocycles. The van der Waals surface area contributed by atoms with Gasteiger partial charge >= 0.3 is 35.5 Å². The zero-order valence-corrected chi connectivity index (χ0v) is 14.7. The Kier molecular flexibility index (Phi) is 19.7. The van der Waals surface area contributed by atoms with Gasteiger partial charge in [0.25, 0.3) is 0 Å². The van der Waals surface area contributed by atoms with E-state index in [1.165, 1.54) is 6.42 Å². The van der Waals surface area contributed by atoms with Crippen LogP contribution in [0.5, 0.6) is 0 Å². The van der Waals surface area contributed by atoms with Crippen molar-refractivity contribution in [1.82, 2.24) is 0 Å². The van der Waals surface area contributed by atoms with Gasteiger partial charge in [0.2, 0.25) is 0 Å². The normalized spacial score (nSPS) is 10.1. The van der Waals surface area contributed by atoms with Crippen LogP contribution in [0.1, 0.15) is 39.5 Å². The summed E-state index contributed by atoms with van der Waals surface area (Å²) in [5.74, 6) is -2.01. The smallest absolute Gasteiger partial charge is 0.545 e. The van der Waals surface area contributed by atoms with E-state index < -0.39 is 11.9 Å². The summed E-state index contributed by atoms with van der Waals surface area (Å²) in [4.78, 5) is 19.5. The standard InChI is InChI=1S/C11H20O3.C3H4O2.Na/c1-4-6-7-10(5-2)8-14-9(3)11(12)13;1-2-3(4)5;/h10H,3-8H2,1-2H3,(H,12,13);2H,1H2,(H,4,5);/q;;+1/p-1. The number of carboxylic acid groups (broad SMARTS) is 2. The maximum atomic E-state index is 10.4. The van der Waals surface area contributed by atoms with E-state index in [4.69, 9.17) is 19.7 Å². The van der Waals surface area contributed by atoms with E-state index in [1.807, 2.05) is 0 Å². The molecule has 0 amide bonds. The number of hydrogen-bond donors (Lipinski definition) is 1. The summed E-state index contributed by atoms with van der Waals surface area (Å²) in [7, 11) is 0. The summed E-state index contributed by atoms with van der Waals surface area (Å²) in [5.41, 5.74) is 0. The van der Waals surface area contributed by atoms with E-state index in [9.17, 15) is 4.79 Å². The third-order valence-electron chi connectivity index (χ3n) is 2.44. The first-order chi connectivity index (χ1) is 8.88. The number of aliphatic carboxylic acids is 2. The number of carbonyl (C=O) groups excluding carboxylic acids is 1. The van der Waals surface area contributed by atoms with Crippen molar-refractivity contribution < 1.29 is 54.1 Å². The second kappa shape index (κ2) is 16.3. The van der Waals surface area contributed by atoms with Crippen molar-refractivity contribution in [3.8, 4) is 0 Å². The molecule has 0 aromatic carbocycles. The minimum absolute atomic E-state index is 0. The van der Waals surface area contributed by atoms with E-state index in [2.05, 4.69) is 27.0 Å². The summed E-state index contributed by atoms with van der Waals surface area (Å²) in [5, 5.41) is 17.7. The summed E-state index contributed by atoms with van der Waals surface area (Å²) in [6, 6.07) is 0. The zero-order chi connectivity index (χ0) is 15.3. The summed E-state index contributed by atoms with van der Waals surface area (Å²) in [6.45, 7) is 10.9. The molecule has 0 radical (unpaired) electrons. The maximum absolute atomic E-state index is 10.4. The first kappa shape index (κ1) is 24.3. The van der Waals surface area contributed by atoms with Crippen molar-refractivity contribution in [1.29, 1.82) is 0 Å². The molecule has 0 aromatic rings. The molecule has 0 fully saturated rings. The number of rotatable bonds is 9. The van der Waals surface area contributed by atoms with Crippen molar-refractivity contribution in [2.75, 3.05) is 6.61 Å². The predicted molar refractivity (Wildman–Crippen MR) is 71.2 cm³/mol. The molecule has 0 bridgehead atoms. The van der Waals surface area contributed by atoms with Crippen LogP contribution in [0.3, 0.4) is 0 Å².